The Hall–Kier alpha value is -7.88. The van der Waals surface area contributed by atoms with E-state index in [2.05, 4.69) is 68.3 Å². The van der Waals surface area contributed by atoms with Gasteiger partial charge in [0.25, 0.3) is 0 Å². The van der Waals surface area contributed by atoms with Gasteiger partial charge in [0.05, 0.1) is 89.1 Å². The fraction of sp³-hybridized carbons (Fsp3) is 0.600. The highest BCUT2D eigenvalue weighted by Crippen LogP contribution is 2.52. The molecule has 11 fully saturated rings. The molecule has 4 amide bonds. The van der Waals surface area contributed by atoms with E-state index >= 15 is 0 Å². The van der Waals surface area contributed by atoms with E-state index in [1.165, 1.54) is 4.90 Å². The molecule has 4 aliphatic carbocycles. The Morgan fingerprint density at radius 2 is 0.870 bits per heavy atom. The summed E-state index contributed by atoms with van der Waals surface area (Å²) in [6.07, 6.45) is 1.11. The number of amides is 4. The van der Waals surface area contributed by atoms with Crippen LogP contribution in [-0.2, 0) is 47.3 Å². The van der Waals surface area contributed by atoms with Gasteiger partial charge in [0, 0.05) is 171 Å². The first-order valence-electron chi connectivity index (χ1n) is 43.6. The van der Waals surface area contributed by atoms with Gasteiger partial charge in [-0.15, -0.1) is 0 Å². The first-order chi connectivity index (χ1) is 59.0. The van der Waals surface area contributed by atoms with Crippen LogP contribution in [-0.4, -0.2) is 246 Å². The summed E-state index contributed by atoms with van der Waals surface area (Å²) >= 11 is 18.6. The molecule has 0 spiro atoms. The summed E-state index contributed by atoms with van der Waals surface area (Å²) in [7, 11) is -0.556. The van der Waals surface area contributed by atoms with E-state index in [0.717, 1.165) is 202 Å². The van der Waals surface area contributed by atoms with Gasteiger partial charge in [-0.2, -0.15) is 13.2 Å². The Labute approximate surface area is 735 Å². The number of carbonyl (C=O) groups excluding carboxylic acids is 4. The summed E-state index contributed by atoms with van der Waals surface area (Å²) in [4.78, 5) is 80.1. The van der Waals surface area contributed by atoms with Crippen LogP contribution >= 0.6 is 34.8 Å². The summed E-state index contributed by atoms with van der Waals surface area (Å²) in [5.41, 5.74) is 9.41. The number of benzene rings is 2. The standard InChI is InChI=1S/C27H36N4O3.C20H28BF3N2O3.2C15H19ClN2O3.C13H17ClN2O2/c1-3-19-6-7-31(16-19)27(33)28-22-5-4-18(2)23(15-22)20-13-25(24-12-21(24)17-32)29-26(14-20)30-8-10-34-11-9-30;1-13-6-7-15(10-16(13)21-28-18(2,3)19(4,5)29-21)25-17(27)26-9-8-14(12-26)11-20(22,23)24;2*1-2-21-15(19)12-9-11(12)13-7-10(16)8-14(17-13)18-3-5-20-6-4-18;14-10-6-12(11-5-9(11)8-17)15-13(7-10)16-1-3-18-4-2-16/h4-5,13-15,19,21,24,32H,3,6-12,16-17H2,1-2H3,(H,28,33);6-7,10,14H,8-9,11-12H2,1-5H3,(H,25,27);2*7-8,11-12H,2-6,9H2,1H3;6-7,9,11,17H,1-5,8H2/t19-,21-,24-;14-;11-,12+;11-,12-;9-,11-/m10111/s1. The van der Waals surface area contributed by atoms with E-state index in [4.69, 9.17) is 97.6 Å². The summed E-state index contributed by atoms with van der Waals surface area (Å²) in [6, 6.07) is 26.8. The third-order valence-corrected chi connectivity index (χ3v) is 25.9. The van der Waals surface area contributed by atoms with Gasteiger partial charge in [0.2, 0.25) is 0 Å². The molecule has 7 aliphatic heterocycles. The number of halogens is 6. The number of pyridine rings is 4. The number of aliphatic hydroxyl groups excluding tert-OH is 2. The Kier molecular flexibility index (Phi) is 31.5. The predicted molar refractivity (Wildman–Crippen MR) is 470 cm³/mol. The molecule has 0 bridgehead atoms. The number of ether oxygens (including phenoxy) is 6. The number of esters is 2. The number of aryl methyl sites for hydroxylation is 2. The predicted octanol–water partition coefficient (Wildman–Crippen LogP) is 14.5. The molecule has 33 heteroatoms. The number of morpholine rings is 4. The average Bonchev–Trinajstić information content (AvgIpc) is 1.65. The number of urea groups is 2. The highest BCUT2D eigenvalue weighted by atomic mass is 35.5. The Morgan fingerprint density at radius 1 is 0.496 bits per heavy atom. The number of likely N-dealkylation sites (tertiary alicyclic amines) is 2. The molecular weight excluding hydrogens is 1650 g/mol. The maximum atomic E-state index is 12.9. The summed E-state index contributed by atoms with van der Waals surface area (Å²) in [5, 5.41) is 26.7. The zero-order chi connectivity index (χ0) is 87.4. The van der Waals surface area contributed by atoms with Crippen molar-refractivity contribution in [3.63, 3.8) is 0 Å². The van der Waals surface area contributed by atoms with Crippen LogP contribution in [0, 0.1) is 49.4 Å². The van der Waals surface area contributed by atoms with Gasteiger partial charge in [-0.05, 0) is 213 Å². The van der Waals surface area contributed by atoms with Crippen LogP contribution in [0.25, 0.3) is 11.1 Å². The molecular formula is C90H119BCl3F3N12O14. The third-order valence-electron chi connectivity index (χ3n) is 25.2. The van der Waals surface area contributed by atoms with Crippen molar-refractivity contribution in [1.82, 2.24) is 29.7 Å². The van der Waals surface area contributed by atoms with E-state index < -0.39 is 42.9 Å². The Bertz CT molecular complexity index is 4510. The van der Waals surface area contributed by atoms with E-state index in [1.807, 2.05) is 102 Å². The van der Waals surface area contributed by atoms with Gasteiger partial charge in [-0.3, -0.25) is 9.59 Å². The fourth-order valence-corrected chi connectivity index (χ4v) is 17.3. The number of nitrogens with zero attached hydrogens (tertiary/aromatic N) is 10. The van der Waals surface area contributed by atoms with Crippen LogP contribution in [0.1, 0.15) is 157 Å². The highest BCUT2D eigenvalue weighted by Gasteiger charge is 2.53. The SMILES string of the molecule is CCOC(=O)[C@@H]1C[C@H]1c1cc(Cl)cc(N2CCOCC2)n1.CCOC(=O)[C@H]1C[C@H]1c1cc(Cl)cc(N2CCOCC2)n1.CC[C@@H]1CCN(C(=O)Nc2ccc(C)c(-c3cc([C@@H]4C[C@@H]4CO)nc(N4CCOCC4)c3)c2)C1.Cc1ccc(NC(=O)N2CC[C@@H](CC(F)(F)F)C2)cc1B1OC(C)(C)C(C)(C)O1.OC[C@H]1C[C@H]1c1cc(Cl)cc(N2CCOCC2)n1. The van der Waals surface area contributed by atoms with Gasteiger partial charge in [-0.1, -0.05) is 65.8 Å². The van der Waals surface area contributed by atoms with Crippen molar-refractivity contribution in [2.24, 2.45) is 35.5 Å². The molecule has 11 aliphatic rings. The second-order valence-electron chi connectivity index (χ2n) is 34.7. The molecule has 6 aromatic rings. The van der Waals surface area contributed by atoms with Crippen LogP contribution in [0.5, 0.6) is 0 Å². The molecule has 26 nitrogen and oxygen atoms in total. The lowest BCUT2D eigenvalue weighted by atomic mass is 9.76. The van der Waals surface area contributed by atoms with Crippen molar-refractivity contribution in [2.45, 2.75) is 155 Å². The van der Waals surface area contributed by atoms with Crippen molar-refractivity contribution in [1.29, 1.82) is 0 Å². The van der Waals surface area contributed by atoms with Crippen molar-refractivity contribution in [3.05, 3.63) is 134 Å². The zero-order valence-electron chi connectivity index (χ0n) is 72.1. The van der Waals surface area contributed by atoms with E-state index in [9.17, 15) is 37.5 Å². The number of aliphatic hydroxyl groups is 2. The highest BCUT2D eigenvalue weighted by molar-refractivity contribution is 6.62. The second-order valence-corrected chi connectivity index (χ2v) is 36.0. The monoisotopic (exact) mass is 1760 g/mol. The number of hydrogen-bond donors (Lipinski definition) is 4. The van der Waals surface area contributed by atoms with Gasteiger partial charge in [0.1, 0.15) is 23.3 Å². The summed E-state index contributed by atoms with van der Waals surface area (Å²) in [5.74, 6) is 4.99. The van der Waals surface area contributed by atoms with Crippen molar-refractivity contribution in [2.75, 3.05) is 188 Å². The summed E-state index contributed by atoms with van der Waals surface area (Å²) in [6.45, 7) is 33.5. The van der Waals surface area contributed by atoms with Crippen molar-refractivity contribution < 1.29 is 80.3 Å². The largest absolute Gasteiger partial charge is 0.495 e. The van der Waals surface area contributed by atoms with Crippen LogP contribution in [0.4, 0.5) is 57.4 Å². The number of hydrogen-bond acceptors (Lipinski definition) is 22. The van der Waals surface area contributed by atoms with Crippen LogP contribution in [0.3, 0.4) is 0 Å². The molecule has 11 heterocycles. The lowest BCUT2D eigenvalue weighted by Crippen LogP contribution is -2.41. The lowest BCUT2D eigenvalue weighted by Gasteiger charge is -2.32. The van der Waals surface area contributed by atoms with E-state index in [1.54, 1.807) is 12.1 Å². The average molecular weight is 1770 g/mol. The lowest BCUT2D eigenvalue weighted by molar-refractivity contribution is -0.145. The quantitative estimate of drug-likeness (QED) is 0.0408. The molecule has 4 aromatic heterocycles. The molecule has 10 atom stereocenters. The number of anilines is 6. The molecule has 7 saturated heterocycles. The first kappa shape index (κ1) is 92.8. The van der Waals surface area contributed by atoms with Gasteiger partial charge < -0.3 is 88.0 Å². The van der Waals surface area contributed by atoms with Crippen LogP contribution in [0.15, 0.2) is 84.9 Å². The Balaban J connectivity index is 0.000000135. The molecule has 4 N–H and O–H groups in total. The van der Waals surface area contributed by atoms with E-state index in [-0.39, 0.29) is 61.4 Å². The maximum Gasteiger partial charge on any atom is 0.495 e. The van der Waals surface area contributed by atoms with Crippen molar-refractivity contribution in [3.8, 4) is 11.1 Å². The number of nitrogens with one attached hydrogen (secondary N) is 2. The van der Waals surface area contributed by atoms with Gasteiger partial charge >= 0.3 is 37.3 Å². The molecule has 123 heavy (non-hydrogen) atoms. The van der Waals surface area contributed by atoms with E-state index in [0.29, 0.717) is 111 Å². The molecule has 0 radical (unpaired) electrons. The number of rotatable bonds is 20. The molecule has 4 saturated carbocycles. The van der Waals surface area contributed by atoms with Crippen LogP contribution < -0.4 is 35.7 Å². The smallest absolute Gasteiger partial charge is 0.466 e. The van der Waals surface area contributed by atoms with Gasteiger partial charge in [0.15, 0.2) is 0 Å². The molecule has 17 rings (SSSR count). The van der Waals surface area contributed by atoms with Gasteiger partial charge in [-0.25, -0.2) is 29.5 Å². The molecule has 668 valence electrons. The normalized spacial score (nSPS) is 24.7. The number of aromatic nitrogens is 4. The topological polar surface area (TPSA) is 278 Å². The number of alkyl halides is 3. The third kappa shape index (κ3) is 24.9. The maximum absolute atomic E-state index is 12.9. The Morgan fingerprint density at radius 3 is 1.25 bits per heavy atom. The minimum absolute atomic E-state index is 0.0149. The molecule has 0 unspecified atom stereocenters. The molecule has 2 aromatic carbocycles. The minimum atomic E-state index is -4.20. The first-order valence-corrected chi connectivity index (χ1v) is 44.8. The second kappa shape index (κ2) is 41.7. The zero-order valence-corrected chi connectivity index (χ0v) is 74.4. The van der Waals surface area contributed by atoms with Crippen LogP contribution in [0.2, 0.25) is 15.1 Å². The summed E-state index contributed by atoms with van der Waals surface area (Å²) < 4.78 is 81.7. The fourth-order valence-electron chi connectivity index (χ4n) is 16.7. The van der Waals surface area contributed by atoms with Crippen molar-refractivity contribution >= 4 is 106 Å². The number of carbonyl (C=O) groups is 4. The minimum Gasteiger partial charge on any atom is -0.466 e.